The highest BCUT2D eigenvalue weighted by atomic mass is 16.2. The number of primary amides is 1. The zero-order valence-corrected chi connectivity index (χ0v) is 12.0. The summed E-state index contributed by atoms with van der Waals surface area (Å²) < 4.78 is 0. The minimum Gasteiger partial charge on any atom is -0.369 e. The fourth-order valence-corrected chi connectivity index (χ4v) is 2.69. The van der Waals surface area contributed by atoms with Crippen molar-refractivity contribution >= 4 is 11.8 Å². The predicted molar refractivity (Wildman–Crippen MR) is 78.0 cm³/mol. The van der Waals surface area contributed by atoms with Crippen molar-refractivity contribution in [1.82, 2.24) is 4.90 Å². The summed E-state index contributed by atoms with van der Waals surface area (Å²) in [6.07, 6.45) is 2.71. The van der Waals surface area contributed by atoms with Gasteiger partial charge in [-0.3, -0.25) is 9.59 Å². The van der Waals surface area contributed by atoms with Crippen LogP contribution in [0.3, 0.4) is 0 Å². The monoisotopic (exact) mass is 274 g/mol. The summed E-state index contributed by atoms with van der Waals surface area (Å²) in [4.78, 5) is 25.1. The maximum Gasteiger partial charge on any atom is 0.222 e. The van der Waals surface area contributed by atoms with Crippen LogP contribution in [0, 0.1) is 12.8 Å². The van der Waals surface area contributed by atoms with Crippen LogP contribution in [-0.4, -0.2) is 29.8 Å². The number of piperidine rings is 1. The van der Waals surface area contributed by atoms with E-state index in [9.17, 15) is 9.59 Å². The minimum atomic E-state index is -0.239. The van der Waals surface area contributed by atoms with E-state index >= 15 is 0 Å². The molecule has 1 aliphatic rings. The molecule has 0 saturated carbocycles. The van der Waals surface area contributed by atoms with Gasteiger partial charge >= 0.3 is 0 Å². The molecule has 4 heteroatoms. The molecule has 2 amide bonds. The van der Waals surface area contributed by atoms with Crippen molar-refractivity contribution in [2.75, 3.05) is 13.1 Å². The molecule has 2 rings (SSSR count). The molecule has 108 valence electrons. The third-order valence-electron chi connectivity index (χ3n) is 3.96. The van der Waals surface area contributed by atoms with Gasteiger partial charge in [0, 0.05) is 25.4 Å². The first kappa shape index (κ1) is 14.6. The Balaban J connectivity index is 1.80. The van der Waals surface area contributed by atoms with Crippen molar-refractivity contribution in [3.05, 3.63) is 35.4 Å². The van der Waals surface area contributed by atoms with Crippen molar-refractivity contribution in [2.45, 2.75) is 32.6 Å². The Morgan fingerprint density at radius 2 is 2.00 bits per heavy atom. The van der Waals surface area contributed by atoms with Gasteiger partial charge in [0.25, 0.3) is 0 Å². The number of hydrogen-bond donors (Lipinski definition) is 1. The lowest BCUT2D eigenvalue weighted by Crippen LogP contribution is -2.41. The molecule has 0 spiro atoms. The number of carbonyl (C=O) groups excluding carboxylic acids is 2. The second kappa shape index (κ2) is 6.55. The van der Waals surface area contributed by atoms with E-state index in [4.69, 9.17) is 5.73 Å². The maximum atomic E-state index is 12.1. The van der Waals surface area contributed by atoms with E-state index in [1.54, 1.807) is 0 Å². The zero-order valence-electron chi connectivity index (χ0n) is 12.0. The van der Waals surface area contributed by atoms with E-state index in [1.165, 1.54) is 11.1 Å². The highest BCUT2D eigenvalue weighted by Gasteiger charge is 2.25. The highest BCUT2D eigenvalue weighted by molar-refractivity contribution is 5.79. The van der Waals surface area contributed by atoms with Crippen molar-refractivity contribution in [3.8, 4) is 0 Å². The molecule has 2 N–H and O–H groups in total. The number of rotatable bonds is 4. The molecule has 4 nitrogen and oxygen atoms in total. The van der Waals surface area contributed by atoms with E-state index in [1.807, 2.05) is 11.0 Å². The topological polar surface area (TPSA) is 63.4 Å². The van der Waals surface area contributed by atoms with Crippen LogP contribution in [-0.2, 0) is 16.0 Å². The van der Waals surface area contributed by atoms with Crippen molar-refractivity contribution in [1.29, 1.82) is 0 Å². The maximum absolute atomic E-state index is 12.1. The molecule has 0 aromatic heterocycles. The van der Waals surface area contributed by atoms with Crippen LogP contribution in [0.25, 0.3) is 0 Å². The molecule has 0 unspecified atom stereocenters. The predicted octanol–water partition coefficient (Wildman–Crippen LogP) is 1.65. The number of nitrogens with two attached hydrogens (primary N) is 1. The van der Waals surface area contributed by atoms with Crippen LogP contribution in [0.1, 0.15) is 30.4 Å². The SMILES string of the molecule is Cc1cccc(CCC(=O)N2CCC(C(N)=O)CC2)c1. The summed E-state index contributed by atoms with van der Waals surface area (Å²) in [6.45, 7) is 3.36. The molecule has 0 radical (unpaired) electrons. The largest absolute Gasteiger partial charge is 0.369 e. The summed E-state index contributed by atoms with van der Waals surface area (Å²) >= 11 is 0. The first-order valence-electron chi connectivity index (χ1n) is 7.19. The Kier molecular flexibility index (Phi) is 4.77. The Bertz CT molecular complexity index is 491. The van der Waals surface area contributed by atoms with Gasteiger partial charge in [-0.2, -0.15) is 0 Å². The van der Waals surface area contributed by atoms with Crippen molar-refractivity contribution in [3.63, 3.8) is 0 Å². The fraction of sp³-hybridized carbons (Fsp3) is 0.500. The normalized spacial score (nSPS) is 16.1. The molecule has 1 saturated heterocycles. The Labute approximate surface area is 119 Å². The lowest BCUT2D eigenvalue weighted by atomic mass is 9.96. The van der Waals surface area contributed by atoms with Gasteiger partial charge in [-0.15, -0.1) is 0 Å². The average Bonchev–Trinajstić information content (AvgIpc) is 2.45. The van der Waals surface area contributed by atoms with Crippen LogP contribution in [0.15, 0.2) is 24.3 Å². The molecule has 1 heterocycles. The Hall–Kier alpha value is -1.84. The number of aryl methyl sites for hydroxylation is 2. The number of likely N-dealkylation sites (tertiary alicyclic amines) is 1. The van der Waals surface area contributed by atoms with Gasteiger partial charge in [-0.25, -0.2) is 0 Å². The minimum absolute atomic E-state index is 0.0594. The highest BCUT2D eigenvalue weighted by Crippen LogP contribution is 2.18. The van der Waals surface area contributed by atoms with Gasteiger partial charge in [-0.05, 0) is 31.7 Å². The molecular formula is C16H22N2O2. The van der Waals surface area contributed by atoms with Gasteiger partial charge in [-0.1, -0.05) is 29.8 Å². The van der Waals surface area contributed by atoms with Crippen LogP contribution in [0.5, 0.6) is 0 Å². The van der Waals surface area contributed by atoms with Gasteiger partial charge in [0.05, 0.1) is 0 Å². The van der Waals surface area contributed by atoms with Crippen LogP contribution >= 0.6 is 0 Å². The third kappa shape index (κ3) is 3.83. The van der Waals surface area contributed by atoms with Crippen LogP contribution in [0.2, 0.25) is 0 Å². The van der Waals surface area contributed by atoms with E-state index in [0.717, 1.165) is 6.42 Å². The Morgan fingerprint density at radius 3 is 2.60 bits per heavy atom. The van der Waals surface area contributed by atoms with Gasteiger partial charge in [0.1, 0.15) is 0 Å². The molecule has 1 fully saturated rings. The first-order valence-corrected chi connectivity index (χ1v) is 7.19. The first-order chi connectivity index (χ1) is 9.56. The summed E-state index contributed by atoms with van der Waals surface area (Å²) in [7, 11) is 0. The lowest BCUT2D eigenvalue weighted by Gasteiger charge is -2.30. The zero-order chi connectivity index (χ0) is 14.5. The standard InChI is InChI=1S/C16H22N2O2/c1-12-3-2-4-13(11-12)5-6-15(19)18-9-7-14(8-10-18)16(17)20/h2-4,11,14H,5-10H2,1H3,(H2,17,20). The van der Waals surface area contributed by atoms with Gasteiger partial charge in [0.15, 0.2) is 0 Å². The molecular weight excluding hydrogens is 252 g/mol. The molecule has 1 aromatic rings. The van der Waals surface area contributed by atoms with E-state index in [0.29, 0.717) is 32.4 Å². The smallest absolute Gasteiger partial charge is 0.222 e. The summed E-state index contributed by atoms with van der Waals surface area (Å²) in [5, 5.41) is 0. The second-order valence-corrected chi connectivity index (χ2v) is 5.55. The quantitative estimate of drug-likeness (QED) is 0.907. The second-order valence-electron chi connectivity index (χ2n) is 5.55. The third-order valence-corrected chi connectivity index (χ3v) is 3.96. The number of amides is 2. The number of carbonyl (C=O) groups is 2. The van der Waals surface area contributed by atoms with Crippen LogP contribution < -0.4 is 5.73 Å². The molecule has 1 aliphatic heterocycles. The summed E-state index contributed by atoms with van der Waals surface area (Å²) in [5.41, 5.74) is 7.71. The van der Waals surface area contributed by atoms with Gasteiger partial charge in [0.2, 0.25) is 11.8 Å². The number of nitrogens with zero attached hydrogens (tertiary/aromatic N) is 1. The van der Waals surface area contributed by atoms with Crippen LogP contribution in [0.4, 0.5) is 0 Å². The molecule has 0 atom stereocenters. The van der Waals surface area contributed by atoms with E-state index in [-0.39, 0.29) is 17.7 Å². The van der Waals surface area contributed by atoms with Crippen molar-refractivity contribution < 1.29 is 9.59 Å². The summed E-state index contributed by atoms with van der Waals surface area (Å²) in [6, 6.07) is 8.25. The van der Waals surface area contributed by atoms with E-state index < -0.39 is 0 Å². The summed E-state index contributed by atoms with van der Waals surface area (Å²) in [5.74, 6) is -0.123. The molecule has 0 bridgehead atoms. The van der Waals surface area contributed by atoms with E-state index in [2.05, 4.69) is 25.1 Å². The average molecular weight is 274 g/mol. The number of hydrogen-bond acceptors (Lipinski definition) is 2. The lowest BCUT2D eigenvalue weighted by molar-refractivity contribution is -0.134. The molecule has 1 aromatic carbocycles. The fourth-order valence-electron chi connectivity index (χ4n) is 2.69. The molecule has 0 aliphatic carbocycles. The Morgan fingerprint density at radius 1 is 1.30 bits per heavy atom. The molecule has 20 heavy (non-hydrogen) atoms. The van der Waals surface area contributed by atoms with Crippen molar-refractivity contribution in [2.24, 2.45) is 11.7 Å². The van der Waals surface area contributed by atoms with Gasteiger partial charge < -0.3 is 10.6 Å². The number of benzene rings is 1.